The van der Waals surface area contributed by atoms with Gasteiger partial charge in [-0.25, -0.2) is 4.98 Å². The molecule has 1 unspecified atom stereocenters. The highest BCUT2D eigenvalue weighted by atomic mass is 15.2. The predicted molar refractivity (Wildman–Crippen MR) is 59.5 cm³/mol. The zero-order chi connectivity index (χ0) is 10.7. The van der Waals surface area contributed by atoms with Gasteiger partial charge in [-0.15, -0.1) is 0 Å². The number of aromatic nitrogens is 3. The summed E-state index contributed by atoms with van der Waals surface area (Å²) in [6.07, 6.45) is 6.45. The quantitative estimate of drug-likeness (QED) is 0.788. The molecule has 84 valence electrons. The highest BCUT2D eigenvalue weighted by Crippen LogP contribution is 2.36. The number of aromatic amines is 1. The monoisotopic (exact) mass is 208 g/mol. The molecule has 0 spiro atoms. The molecule has 0 aliphatic heterocycles. The molecular weight excluding hydrogens is 188 g/mol. The first kappa shape index (κ1) is 10.6. The van der Waals surface area contributed by atoms with Crippen LogP contribution < -0.4 is 5.32 Å². The molecule has 2 N–H and O–H groups in total. The molecule has 4 heteroatoms. The summed E-state index contributed by atoms with van der Waals surface area (Å²) in [6, 6.07) is 0.697. The summed E-state index contributed by atoms with van der Waals surface area (Å²) in [4.78, 5) is 4.10. The topological polar surface area (TPSA) is 53.6 Å². The van der Waals surface area contributed by atoms with Gasteiger partial charge in [-0.1, -0.05) is 13.8 Å². The van der Waals surface area contributed by atoms with E-state index in [0.29, 0.717) is 11.5 Å². The zero-order valence-electron chi connectivity index (χ0n) is 9.58. The first-order valence-electron chi connectivity index (χ1n) is 5.73. The van der Waals surface area contributed by atoms with Crippen molar-refractivity contribution < 1.29 is 0 Å². The van der Waals surface area contributed by atoms with E-state index >= 15 is 0 Å². The number of rotatable bonds is 4. The van der Waals surface area contributed by atoms with E-state index in [1.165, 1.54) is 19.3 Å². The van der Waals surface area contributed by atoms with Crippen LogP contribution in [0.25, 0.3) is 0 Å². The first-order chi connectivity index (χ1) is 7.16. The summed E-state index contributed by atoms with van der Waals surface area (Å²) in [5, 5.41) is 10.3. The second-order valence-corrected chi connectivity index (χ2v) is 5.24. The van der Waals surface area contributed by atoms with Gasteiger partial charge in [0.25, 0.3) is 0 Å². The standard InChI is InChI=1S/C11H20N4/c1-11(2)5-3-9(7-11)12-6-4-10-13-8-14-15-10/h8-9,12H,3-7H2,1-2H3,(H,13,14,15). The van der Waals surface area contributed by atoms with Crippen LogP contribution in [-0.4, -0.2) is 27.8 Å². The van der Waals surface area contributed by atoms with E-state index in [2.05, 4.69) is 34.3 Å². The van der Waals surface area contributed by atoms with Gasteiger partial charge in [0.05, 0.1) is 0 Å². The van der Waals surface area contributed by atoms with Gasteiger partial charge >= 0.3 is 0 Å². The van der Waals surface area contributed by atoms with E-state index in [9.17, 15) is 0 Å². The maximum Gasteiger partial charge on any atom is 0.137 e. The van der Waals surface area contributed by atoms with Crippen molar-refractivity contribution in [1.82, 2.24) is 20.5 Å². The average molecular weight is 208 g/mol. The molecule has 1 aliphatic carbocycles. The minimum absolute atomic E-state index is 0.532. The van der Waals surface area contributed by atoms with Gasteiger partial charge in [-0.3, -0.25) is 5.10 Å². The van der Waals surface area contributed by atoms with E-state index in [1.807, 2.05) is 0 Å². The Kier molecular flexibility index (Phi) is 3.05. The lowest BCUT2D eigenvalue weighted by atomic mass is 9.92. The van der Waals surface area contributed by atoms with Crippen LogP contribution in [0, 0.1) is 5.41 Å². The summed E-state index contributed by atoms with van der Waals surface area (Å²) in [5.41, 5.74) is 0.532. The van der Waals surface area contributed by atoms with Crippen LogP contribution in [0.3, 0.4) is 0 Å². The smallest absolute Gasteiger partial charge is 0.137 e. The summed E-state index contributed by atoms with van der Waals surface area (Å²) in [7, 11) is 0. The van der Waals surface area contributed by atoms with Gasteiger partial charge in [0.15, 0.2) is 0 Å². The van der Waals surface area contributed by atoms with Crippen molar-refractivity contribution in [2.75, 3.05) is 6.54 Å². The van der Waals surface area contributed by atoms with Crippen LogP contribution in [0.5, 0.6) is 0 Å². The fourth-order valence-electron chi connectivity index (χ4n) is 2.36. The highest BCUT2D eigenvalue weighted by molar-refractivity contribution is 4.88. The molecule has 15 heavy (non-hydrogen) atoms. The van der Waals surface area contributed by atoms with Gasteiger partial charge in [0.1, 0.15) is 12.2 Å². The molecule has 1 atom stereocenters. The summed E-state index contributed by atoms with van der Waals surface area (Å²) < 4.78 is 0. The lowest BCUT2D eigenvalue weighted by molar-refractivity contribution is 0.365. The Morgan fingerprint density at radius 1 is 1.60 bits per heavy atom. The zero-order valence-corrected chi connectivity index (χ0v) is 9.58. The molecule has 0 amide bonds. The van der Waals surface area contributed by atoms with Crippen molar-refractivity contribution in [1.29, 1.82) is 0 Å². The van der Waals surface area contributed by atoms with Gasteiger partial charge < -0.3 is 5.32 Å². The third-order valence-corrected chi connectivity index (χ3v) is 3.23. The molecule has 2 rings (SSSR count). The van der Waals surface area contributed by atoms with Crippen LogP contribution in [-0.2, 0) is 6.42 Å². The largest absolute Gasteiger partial charge is 0.314 e. The number of nitrogens with zero attached hydrogens (tertiary/aromatic N) is 2. The Morgan fingerprint density at radius 3 is 3.07 bits per heavy atom. The average Bonchev–Trinajstić information content (AvgIpc) is 2.76. The number of H-pyrrole nitrogens is 1. The molecule has 0 saturated heterocycles. The molecule has 0 radical (unpaired) electrons. The van der Waals surface area contributed by atoms with E-state index in [-0.39, 0.29) is 0 Å². The summed E-state index contributed by atoms with van der Waals surface area (Å²) >= 11 is 0. The predicted octanol–water partition coefficient (Wildman–Crippen LogP) is 1.52. The Hall–Kier alpha value is -0.900. The second-order valence-electron chi connectivity index (χ2n) is 5.24. The lowest BCUT2D eigenvalue weighted by Crippen LogP contribution is -2.29. The molecular formula is C11H20N4. The molecule has 1 aromatic rings. The maximum absolute atomic E-state index is 4.10. The van der Waals surface area contributed by atoms with Crippen LogP contribution in [0.15, 0.2) is 6.33 Å². The van der Waals surface area contributed by atoms with Crippen molar-refractivity contribution in [2.45, 2.75) is 45.6 Å². The third kappa shape index (κ3) is 3.02. The van der Waals surface area contributed by atoms with Crippen molar-refractivity contribution in [2.24, 2.45) is 5.41 Å². The Bertz CT molecular complexity index is 292. The summed E-state index contributed by atoms with van der Waals surface area (Å²) in [6.45, 7) is 5.70. The van der Waals surface area contributed by atoms with Crippen LogP contribution in [0.4, 0.5) is 0 Å². The maximum atomic E-state index is 4.10. The number of nitrogens with one attached hydrogen (secondary N) is 2. The molecule has 0 aromatic carbocycles. The van der Waals surface area contributed by atoms with E-state index < -0.39 is 0 Å². The first-order valence-corrected chi connectivity index (χ1v) is 5.73. The molecule has 1 heterocycles. The van der Waals surface area contributed by atoms with E-state index in [4.69, 9.17) is 0 Å². The Labute approximate surface area is 90.9 Å². The molecule has 1 aliphatic rings. The van der Waals surface area contributed by atoms with E-state index in [0.717, 1.165) is 18.8 Å². The number of hydrogen-bond donors (Lipinski definition) is 2. The van der Waals surface area contributed by atoms with E-state index in [1.54, 1.807) is 6.33 Å². The normalized spacial score (nSPS) is 24.5. The molecule has 1 aromatic heterocycles. The third-order valence-electron chi connectivity index (χ3n) is 3.23. The fourth-order valence-corrected chi connectivity index (χ4v) is 2.36. The molecule has 4 nitrogen and oxygen atoms in total. The van der Waals surface area contributed by atoms with Gasteiger partial charge in [-0.2, -0.15) is 5.10 Å². The van der Waals surface area contributed by atoms with Crippen molar-refractivity contribution >= 4 is 0 Å². The van der Waals surface area contributed by atoms with Crippen molar-refractivity contribution in [3.63, 3.8) is 0 Å². The Balaban J connectivity index is 1.67. The van der Waals surface area contributed by atoms with Gasteiger partial charge in [0, 0.05) is 19.0 Å². The highest BCUT2D eigenvalue weighted by Gasteiger charge is 2.30. The minimum Gasteiger partial charge on any atom is -0.314 e. The number of hydrogen-bond acceptors (Lipinski definition) is 3. The lowest BCUT2D eigenvalue weighted by Gasteiger charge is -2.17. The van der Waals surface area contributed by atoms with Crippen molar-refractivity contribution in [3.8, 4) is 0 Å². The fraction of sp³-hybridized carbons (Fsp3) is 0.818. The van der Waals surface area contributed by atoms with Crippen LogP contribution in [0.1, 0.15) is 38.9 Å². The van der Waals surface area contributed by atoms with Crippen LogP contribution in [0.2, 0.25) is 0 Å². The second kappa shape index (κ2) is 4.31. The molecule has 1 saturated carbocycles. The summed E-state index contributed by atoms with van der Waals surface area (Å²) in [5.74, 6) is 0.972. The van der Waals surface area contributed by atoms with Gasteiger partial charge in [0.2, 0.25) is 0 Å². The molecule has 0 bridgehead atoms. The minimum atomic E-state index is 0.532. The SMILES string of the molecule is CC1(C)CCC(NCCc2ncn[nH]2)C1. The van der Waals surface area contributed by atoms with Crippen molar-refractivity contribution in [3.05, 3.63) is 12.2 Å². The van der Waals surface area contributed by atoms with Crippen LogP contribution >= 0.6 is 0 Å². The van der Waals surface area contributed by atoms with Gasteiger partial charge in [-0.05, 0) is 24.7 Å². The molecule has 1 fully saturated rings. The Morgan fingerprint density at radius 2 is 2.47 bits per heavy atom.